The molecule has 1 aliphatic carbocycles. The third kappa shape index (κ3) is 3.82. The Morgan fingerprint density at radius 2 is 1.74 bits per heavy atom. The SMILES string of the molecule is N=C1/C(=C(/O)c2ccccc2)C(c2ccc(F)cc2)C2=C(CCCC2=O)N1c1cccc(Cl)c1. The van der Waals surface area contributed by atoms with Gasteiger partial charge in [0.05, 0.1) is 0 Å². The minimum Gasteiger partial charge on any atom is -0.507 e. The third-order valence-electron chi connectivity index (χ3n) is 6.33. The fourth-order valence-corrected chi connectivity index (χ4v) is 5.02. The molecule has 0 fully saturated rings. The fraction of sp³-hybridized carbons (Fsp3) is 0.143. The van der Waals surface area contributed by atoms with Crippen LogP contribution in [-0.4, -0.2) is 16.7 Å². The van der Waals surface area contributed by atoms with Crippen LogP contribution in [0.1, 0.15) is 36.3 Å². The Morgan fingerprint density at radius 3 is 2.44 bits per heavy atom. The van der Waals surface area contributed by atoms with Crippen molar-refractivity contribution < 1.29 is 14.3 Å². The van der Waals surface area contributed by atoms with Gasteiger partial charge in [-0.3, -0.25) is 15.1 Å². The van der Waals surface area contributed by atoms with E-state index in [9.17, 15) is 19.7 Å². The van der Waals surface area contributed by atoms with Crippen LogP contribution in [0.3, 0.4) is 0 Å². The molecule has 1 atom stereocenters. The Kier molecular flexibility index (Phi) is 5.80. The van der Waals surface area contributed by atoms with E-state index in [0.29, 0.717) is 52.2 Å². The molecule has 0 bridgehead atoms. The molecule has 0 aromatic heterocycles. The first kappa shape index (κ1) is 22.1. The van der Waals surface area contributed by atoms with Gasteiger partial charge in [-0.1, -0.05) is 60.1 Å². The lowest BCUT2D eigenvalue weighted by molar-refractivity contribution is -0.116. The molecule has 2 N–H and O–H groups in total. The van der Waals surface area contributed by atoms with Crippen LogP contribution < -0.4 is 4.90 Å². The van der Waals surface area contributed by atoms with Crippen molar-refractivity contribution in [2.45, 2.75) is 25.2 Å². The lowest BCUT2D eigenvalue weighted by Crippen LogP contribution is -2.42. The number of nitrogens with one attached hydrogen (secondary N) is 1. The number of ketones is 1. The van der Waals surface area contributed by atoms with E-state index in [1.807, 2.05) is 12.1 Å². The Hall–Kier alpha value is -3.70. The second-order valence-corrected chi connectivity index (χ2v) is 8.85. The monoisotopic (exact) mass is 472 g/mol. The fourth-order valence-electron chi connectivity index (χ4n) is 4.83. The van der Waals surface area contributed by atoms with Gasteiger partial charge in [-0.2, -0.15) is 0 Å². The number of halogens is 2. The van der Waals surface area contributed by atoms with Crippen LogP contribution in [0.2, 0.25) is 5.02 Å². The van der Waals surface area contributed by atoms with Crippen molar-refractivity contribution in [1.29, 1.82) is 5.41 Å². The van der Waals surface area contributed by atoms with Gasteiger partial charge in [0.2, 0.25) is 0 Å². The van der Waals surface area contributed by atoms with Crippen LogP contribution >= 0.6 is 11.6 Å². The summed E-state index contributed by atoms with van der Waals surface area (Å²) < 4.78 is 13.8. The number of Topliss-reactive ketones (excluding diaryl/α,β-unsaturated/α-hetero) is 1. The van der Waals surface area contributed by atoms with E-state index in [-0.39, 0.29) is 17.4 Å². The number of rotatable bonds is 3. The zero-order chi connectivity index (χ0) is 23.8. The number of hydrogen-bond acceptors (Lipinski definition) is 3. The first-order valence-corrected chi connectivity index (χ1v) is 11.5. The summed E-state index contributed by atoms with van der Waals surface area (Å²) in [6, 6.07) is 22.0. The minimum atomic E-state index is -0.688. The van der Waals surface area contributed by atoms with Gasteiger partial charge in [0, 0.05) is 45.5 Å². The van der Waals surface area contributed by atoms with Crippen molar-refractivity contribution in [3.8, 4) is 0 Å². The van der Waals surface area contributed by atoms with E-state index < -0.39 is 11.7 Å². The van der Waals surface area contributed by atoms with E-state index in [2.05, 4.69) is 0 Å². The van der Waals surface area contributed by atoms with Gasteiger partial charge in [0.25, 0.3) is 0 Å². The molecule has 0 amide bonds. The Bertz CT molecular complexity index is 1350. The van der Waals surface area contributed by atoms with E-state index >= 15 is 0 Å². The highest BCUT2D eigenvalue weighted by Gasteiger charge is 2.43. The predicted octanol–water partition coefficient (Wildman–Crippen LogP) is 7.04. The number of aliphatic hydroxyl groups is 1. The van der Waals surface area contributed by atoms with Crippen LogP contribution in [0.4, 0.5) is 10.1 Å². The summed E-state index contributed by atoms with van der Waals surface area (Å²) in [7, 11) is 0. The molecule has 0 saturated heterocycles. The van der Waals surface area contributed by atoms with Crippen molar-refractivity contribution in [2.75, 3.05) is 4.90 Å². The van der Waals surface area contributed by atoms with Crippen molar-refractivity contribution >= 4 is 34.7 Å². The summed E-state index contributed by atoms with van der Waals surface area (Å²) >= 11 is 6.27. The van der Waals surface area contributed by atoms with Crippen molar-refractivity contribution in [3.63, 3.8) is 0 Å². The van der Waals surface area contributed by atoms with Gasteiger partial charge in [-0.05, 0) is 48.7 Å². The van der Waals surface area contributed by atoms with Crippen molar-refractivity contribution in [2.24, 2.45) is 0 Å². The van der Waals surface area contributed by atoms with Crippen molar-refractivity contribution in [1.82, 2.24) is 0 Å². The molecular weight excluding hydrogens is 451 g/mol. The van der Waals surface area contributed by atoms with Gasteiger partial charge in [-0.25, -0.2) is 4.39 Å². The Balaban J connectivity index is 1.83. The van der Waals surface area contributed by atoms with Crippen LogP contribution in [0.25, 0.3) is 5.76 Å². The molecular formula is C28H22ClFN2O2. The largest absolute Gasteiger partial charge is 0.507 e. The maximum Gasteiger partial charge on any atom is 0.161 e. The molecule has 3 aromatic carbocycles. The van der Waals surface area contributed by atoms with E-state index in [1.165, 1.54) is 12.1 Å². The van der Waals surface area contributed by atoms with E-state index in [4.69, 9.17) is 11.6 Å². The van der Waals surface area contributed by atoms with E-state index in [1.54, 1.807) is 59.5 Å². The number of nitrogens with zero attached hydrogens (tertiary/aromatic N) is 1. The minimum absolute atomic E-state index is 0.0338. The first-order chi connectivity index (χ1) is 16.5. The Labute approximate surface area is 202 Å². The molecule has 34 heavy (non-hydrogen) atoms. The summed E-state index contributed by atoms with van der Waals surface area (Å²) in [5.41, 5.74) is 3.39. The highest BCUT2D eigenvalue weighted by atomic mass is 35.5. The number of amidine groups is 1. The molecule has 4 nitrogen and oxygen atoms in total. The normalized spacial score (nSPS) is 19.8. The molecule has 1 unspecified atom stereocenters. The van der Waals surface area contributed by atoms with Gasteiger partial charge in [0.1, 0.15) is 17.4 Å². The molecule has 0 radical (unpaired) electrons. The molecule has 1 aliphatic heterocycles. The molecule has 5 rings (SSSR count). The maximum atomic E-state index is 13.8. The van der Waals surface area contributed by atoms with Crippen LogP contribution in [0.15, 0.2) is 95.7 Å². The zero-order valence-corrected chi connectivity index (χ0v) is 19.0. The number of allylic oxidation sites excluding steroid dienone is 2. The van der Waals surface area contributed by atoms with Crippen LogP contribution in [0, 0.1) is 11.2 Å². The van der Waals surface area contributed by atoms with E-state index in [0.717, 1.165) is 5.70 Å². The summed E-state index contributed by atoms with van der Waals surface area (Å²) in [6.45, 7) is 0. The average Bonchev–Trinajstić information content (AvgIpc) is 2.84. The molecule has 2 aliphatic rings. The quantitative estimate of drug-likeness (QED) is 0.402. The number of carbonyl (C=O) groups excluding carboxylic acids is 1. The predicted molar refractivity (Wildman–Crippen MR) is 133 cm³/mol. The number of aliphatic hydroxyl groups excluding tert-OH is 1. The van der Waals surface area contributed by atoms with Crippen LogP contribution in [-0.2, 0) is 4.79 Å². The molecule has 6 heteroatoms. The summed E-state index contributed by atoms with van der Waals surface area (Å²) in [6.07, 6.45) is 1.65. The molecule has 1 heterocycles. The number of hydrogen-bond donors (Lipinski definition) is 2. The maximum absolute atomic E-state index is 13.8. The Morgan fingerprint density at radius 1 is 1.00 bits per heavy atom. The summed E-state index contributed by atoms with van der Waals surface area (Å²) in [5, 5.41) is 21.2. The molecule has 0 saturated carbocycles. The standard InChI is InChI=1S/C28H22ClFN2O2/c29-19-8-4-9-21(16-19)32-22-10-5-11-23(33)25(22)24(17-12-14-20(30)15-13-17)26(28(32)31)27(34)18-6-2-1-3-7-18/h1-4,6-9,12-16,24,31,34H,5,10-11H2/b27-26+,31-28?. The lowest BCUT2D eigenvalue weighted by atomic mass is 9.73. The van der Waals surface area contributed by atoms with Gasteiger partial charge < -0.3 is 5.11 Å². The zero-order valence-electron chi connectivity index (χ0n) is 18.3. The van der Waals surface area contributed by atoms with Gasteiger partial charge in [-0.15, -0.1) is 0 Å². The number of carbonyl (C=O) groups is 1. The van der Waals surface area contributed by atoms with Crippen molar-refractivity contribution in [3.05, 3.63) is 118 Å². The summed E-state index contributed by atoms with van der Waals surface area (Å²) in [4.78, 5) is 15.1. The summed E-state index contributed by atoms with van der Waals surface area (Å²) in [5.74, 6) is -1.14. The smallest absolute Gasteiger partial charge is 0.161 e. The lowest BCUT2D eigenvalue weighted by Gasteiger charge is -2.41. The number of benzene rings is 3. The molecule has 170 valence electrons. The van der Waals surface area contributed by atoms with Gasteiger partial charge >= 0.3 is 0 Å². The van der Waals surface area contributed by atoms with Gasteiger partial charge in [0.15, 0.2) is 5.78 Å². The average molecular weight is 473 g/mol. The second-order valence-electron chi connectivity index (χ2n) is 8.41. The highest BCUT2D eigenvalue weighted by molar-refractivity contribution is 6.31. The third-order valence-corrected chi connectivity index (χ3v) is 6.56. The molecule has 3 aromatic rings. The van der Waals surface area contributed by atoms with Crippen LogP contribution in [0.5, 0.6) is 0 Å². The topological polar surface area (TPSA) is 64.4 Å². The number of anilines is 1. The second kappa shape index (κ2) is 8.92. The molecule has 0 spiro atoms. The first-order valence-electron chi connectivity index (χ1n) is 11.1. The highest BCUT2D eigenvalue weighted by Crippen LogP contribution is 2.48.